The van der Waals surface area contributed by atoms with Crippen molar-refractivity contribution < 1.29 is 5.11 Å². The van der Waals surface area contributed by atoms with Gasteiger partial charge in [0.2, 0.25) is 0 Å². The molecule has 4 N–H and O–H groups in total. The highest BCUT2D eigenvalue weighted by molar-refractivity contribution is 9.10. The number of aliphatic hydroxyl groups excluding tert-OH is 1. The second-order valence-corrected chi connectivity index (χ2v) is 8.18. The van der Waals surface area contributed by atoms with Gasteiger partial charge in [0.25, 0.3) is 0 Å². The molecule has 138 valence electrons. The largest absolute Gasteiger partial charge is 0.399 e. The van der Waals surface area contributed by atoms with E-state index in [0.29, 0.717) is 18.8 Å². The van der Waals surface area contributed by atoms with Crippen LogP contribution >= 0.6 is 31.9 Å². The molecule has 4 rings (SSSR count). The number of nitrogens with zero attached hydrogens (tertiary/aromatic N) is 2. The lowest BCUT2D eigenvalue weighted by Gasteiger charge is -2.15. The summed E-state index contributed by atoms with van der Waals surface area (Å²) >= 11 is 7.00. The van der Waals surface area contributed by atoms with Gasteiger partial charge in [-0.15, -0.1) is 0 Å². The maximum Gasteiger partial charge on any atom is 0.106 e. The zero-order chi connectivity index (χ0) is 19.0. The van der Waals surface area contributed by atoms with Crippen molar-refractivity contribution in [3.05, 3.63) is 63.8 Å². The number of hydrogen-bond acceptors (Lipinski definition) is 4. The molecule has 0 aliphatic heterocycles. The van der Waals surface area contributed by atoms with Gasteiger partial charge in [-0.05, 0) is 58.4 Å². The van der Waals surface area contributed by atoms with Crippen LogP contribution in [0.1, 0.15) is 0 Å². The number of aromatic nitrogens is 2. The highest BCUT2D eigenvalue weighted by atomic mass is 79.9. The van der Waals surface area contributed by atoms with Crippen LogP contribution in [0.4, 0.5) is 11.4 Å². The zero-order valence-electron chi connectivity index (χ0n) is 14.4. The fraction of sp³-hybridized carbons (Fsp3) is 0.150. The first-order chi connectivity index (χ1) is 13.0. The van der Waals surface area contributed by atoms with E-state index in [-0.39, 0.29) is 0 Å². The number of nitrogen functional groups attached to an aromatic ring is 1. The average Bonchev–Trinajstić information content (AvgIpc) is 2.92. The van der Waals surface area contributed by atoms with Crippen molar-refractivity contribution in [3.63, 3.8) is 0 Å². The molecule has 1 unspecified atom stereocenters. The molecule has 0 aliphatic carbocycles. The summed E-state index contributed by atoms with van der Waals surface area (Å²) in [6, 6.07) is 15.7. The summed E-state index contributed by atoms with van der Waals surface area (Å²) in [5, 5.41) is 16.1. The van der Waals surface area contributed by atoms with Crippen LogP contribution in [-0.2, 0) is 6.54 Å². The van der Waals surface area contributed by atoms with Gasteiger partial charge in [-0.1, -0.05) is 22.0 Å². The molecule has 5 nitrogen and oxygen atoms in total. The Morgan fingerprint density at radius 1 is 1.07 bits per heavy atom. The van der Waals surface area contributed by atoms with Gasteiger partial charge in [-0.25, -0.2) is 4.98 Å². The third-order valence-electron chi connectivity index (χ3n) is 4.50. The average molecular weight is 490 g/mol. The standard InChI is InChI=1S/C20H18Br2N4O/c21-12-4-5-18-16(6-12)17-8-20(22)25-10-19(17)26(18)11-15(27)9-24-14-3-1-2-13(23)7-14/h1-8,10,15,24,27H,9,11,23H2. The Morgan fingerprint density at radius 2 is 1.89 bits per heavy atom. The minimum absolute atomic E-state index is 0.422. The molecule has 0 aliphatic rings. The number of nitrogens with two attached hydrogens (primary N) is 1. The maximum atomic E-state index is 10.6. The quantitative estimate of drug-likeness (QED) is 0.279. The molecule has 0 fully saturated rings. The van der Waals surface area contributed by atoms with Gasteiger partial charge >= 0.3 is 0 Å². The molecular weight excluding hydrogens is 472 g/mol. The van der Waals surface area contributed by atoms with Crippen LogP contribution in [0.3, 0.4) is 0 Å². The Bertz CT molecular complexity index is 1070. The van der Waals surface area contributed by atoms with Crippen LogP contribution in [-0.4, -0.2) is 27.3 Å². The Balaban J connectivity index is 1.64. The first-order valence-electron chi connectivity index (χ1n) is 8.52. The fourth-order valence-corrected chi connectivity index (χ4v) is 3.99. The number of fused-ring (bicyclic) bond motifs is 3. The molecule has 0 radical (unpaired) electrons. The van der Waals surface area contributed by atoms with Gasteiger partial charge in [0.15, 0.2) is 0 Å². The molecule has 0 bridgehead atoms. The SMILES string of the molecule is Nc1cccc(NCC(O)Cn2c3ccc(Br)cc3c3cc(Br)ncc32)c1. The molecular formula is C20H18Br2N4O. The van der Waals surface area contributed by atoms with Crippen molar-refractivity contribution in [2.45, 2.75) is 12.6 Å². The summed E-state index contributed by atoms with van der Waals surface area (Å²) in [7, 11) is 0. The van der Waals surface area contributed by atoms with Crippen LogP contribution < -0.4 is 11.1 Å². The second kappa shape index (κ2) is 7.50. The van der Waals surface area contributed by atoms with Crippen LogP contribution in [0, 0.1) is 0 Å². The monoisotopic (exact) mass is 488 g/mol. The lowest BCUT2D eigenvalue weighted by atomic mass is 10.2. The van der Waals surface area contributed by atoms with E-state index in [4.69, 9.17) is 5.73 Å². The number of hydrogen-bond donors (Lipinski definition) is 3. The number of benzene rings is 2. The van der Waals surface area contributed by atoms with Gasteiger partial charge < -0.3 is 20.7 Å². The molecule has 7 heteroatoms. The predicted molar refractivity (Wildman–Crippen MR) is 118 cm³/mol. The normalized spacial score (nSPS) is 12.6. The number of aliphatic hydroxyl groups is 1. The third kappa shape index (κ3) is 3.81. The first kappa shape index (κ1) is 18.3. The Hall–Kier alpha value is -2.09. The Kier molecular flexibility index (Phi) is 5.08. The number of halogens is 2. The van der Waals surface area contributed by atoms with E-state index < -0.39 is 6.10 Å². The molecule has 2 aromatic heterocycles. The summed E-state index contributed by atoms with van der Waals surface area (Å²) in [4.78, 5) is 4.37. The highest BCUT2D eigenvalue weighted by Gasteiger charge is 2.15. The summed E-state index contributed by atoms with van der Waals surface area (Å²) in [5.74, 6) is 0. The summed E-state index contributed by atoms with van der Waals surface area (Å²) in [6.07, 6.45) is 1.27. The minimum Gasteiger partial charge on any atom is -0.399 e. The van der Waals surface area contributed by atoms with E-state index in [9.17, 15) is 5.11 Å². The predicted octanol–water partition coefficient (Wildman–Crippen LogP) is 4.77. The van der Waals surface area contributed by atoms with Crippen LogP contribution in [0.15, 0.2) is 63.8 Å². The molecule has 0 saturated carbocycles. The van der Waals surface area contributed by atoms with Gasteiger partial charge in [0.1, 0.15) is 4.60 Å². The Morgan fingerprint density at radius 3 is 2.70 bits per heavy atom. The molecule has 1 atom stereocenters. The molecule has 0 saturated heterocycles. The van der Waals surface area contributed by atoms with E-state index >= 15 is 0 Å². The number of rotatable bonds is 5. The highest BCUT2D eigenvalue weighted by Crippen LogP contribution is 2.32. The second-order valence-electron chi connectivity index (χ2n) is 6.46. The van der Waals surface area contributed by atoms with Crippen molar-refractivity contribution in [3.8, 4) is 0 Å². The lowest BCUT2D eigenvalue weighted by molar-refractivity contribution is 0.169. The van der Waals surface area contributed by atoms with Crippen LogP contribution in [0.2, 0.25) is 0 Å². The molecule has 2 aromatic carbocycles. The van der Waals surface area contributed by atoms with Crippen molar-refractivity contribution in [2.75, 3.05) is 17.6 Å². The topological polar surface area (TPSA) is 76.1 Å². The summed E-state index contributed by atoms with van der Waals surface area (Å²) < 4.78 is 3.92. The van der Waals surface area contributed by atoms with Crippen LogP contribution in [0.5, 0.6) is 0 Å². The van der Waals surface area contributed by atoms with Crippen molar-refractivity contribution in [2.24, 2.45) is 0 Å². The summed E-state index contributed by atoms with van der Waals surface area (Å²) in [6.45, 7) is 0.880. The lowest BCUT2D eigenvalue weighted by Crippen LogP contribution is -2.24. The maximum absolute atomic E-state index is 10.6. The number of pyridine rings is 1. The molecule has 2 heterocycles. The molecule has 0 amide bonds. The number of anilines is 2. The van der Waals surface area contributed by atoms with Crippen molar-refractivity contribution >= 4 is 65.0 Å². The zero-order valence-corrected chi connectivity index (χ0v) is 17.5. The summed E-state index contributed by atoms with van der Waals surface area (Å²) in [5.41, 5.74) is 9.45. The minimum atomic E-state index is -0.572. The van der Waals surface area contributed by atoms with Gasteiger partial charge in [0.05, 0.1) is 24.4 Å². The van der Waals surface area contributed by atoms with Gasteiger partial charge in [-0.2, -0.15) is 0 Å². The third-order valence-corrected chi connectivity index (χ3v) is 5.43. The van der Waals surface area contributed by atoms with Crippen molar-refractivity contribution in [1.82, 2.24) is 9.55 Å². The van der Waals surface area contributed by atoms with E-state index in [2.05, 4.69) is 58.9 Å². The molecule has 27 heavy (non-hydrogen) atoms. The van der Waals surface area contributed by atoms with Gasteiger partial charge in [0, 0.05) is 38.7 Å². The van der Waals surface area contributed by atoms with E-state index in [1.807, 2.05) is 42.6 Å². The Labute approximate surface area is 173 Å². The van der Waals surface area contributed by atoms with E-state index in [0.717, 1.165) is 36.6 Å². The smallest absolute Gasteiger partial charge is 0.106 e. The van der Waals surface area contributed by atoms with Gasteiger partial charge in [-0.3, -0.25) is 0 Å². The first-order valence-corrected chi connectivity index (χ1v) is 10.1. The van der Waals surface area contributed by atoms with Crippen LogP contribution in [0.25, 0.3) is 21.8 Å². The fourth-order valence-electron chi connectivity index (χ4n) is 3.30. The number of nitrogens with one attached hydrogen (secondary N) is 1. The van der Waals surface area contributed by atoms with E-state index in [1.165, 1.54) is 0 Å². The molecule has 4 aromatic rings. The van der Waals surface area contributed by atoms with Crippen molar-refractivity contribution in [1.29, 1.82) is 0 Å². The molecule has 0 spiro atoms. The van der Waals surface area contributed by atoms with E-state index in [1.54, 1.807) is 0 Å².